The molecule has 1 N–H and O–H groups in total. The summed E-state index contributed by atoms with van der Waals surface area (Å²) in [5.41, 5.74) is 1.84. The minimum Gasteiger partial charge on any atom is -0.352 e. The number of rotatable bonds is 4. The van der Waals surface area contributed by atoms with Gasteiger partial charge in [-0.3, -0.25) is 9.59 Å². The van der Waals surface area contributed by atoms with Gasteiger partial charge in [-0.15, -0.1) is 0 Å². The van der Waals surface area contributed by atoms with E-state index < -0.39 is 0 Å². The second-order valence-electron chi connectivity index (χ2n) is 10.2. The summed E-state index contributed by atoms with van der Waals surface area (Å²) in [5.74, 6) is 3.86. The van der Waals surface area contributed by atoms with Gasteiger partial charge >= 0.3 is 0 Å². The van der Waals surface area contributed by atoms with Crippen LogP contribution in [0.15, 0.2) is 24.3 Å². The molecule has 0 spiro atoms. The summed E-state index contributed by atoms with van der Waals surface area (Å²) in [6.07, 6.45) is 12.6. The normalized spacial score (nSPS) is 33.1. The van der Waals surface area contributed by atoms with E-state index in [4.69, 9.17) is 0 Å². The molecule has 1 aromatic carbocycles. The standard InChI is InChI=1S/C26H36N2O2/c29-25(23-14-13-20-12-11-19-5-4-6-22(23)24(19)20)27-17-18-7-9-21(10-8-18)26(30)28-15-2-1-3-16-28/h7-10,19-20,22-24H,1-6,11-17H2,(H,27,29). The van der Waals surface area contributed by atoms with E-state index in [1.165, 1.54) is 44.9 Å². The average molecular weight is 409 g/mol. The molecule has 162 valence electrons. The number of hydrogen-bond acceptors (Lipinski definition) is 2. The predicted octanol–water partition coefficient (Wildman–Crippen LogP) is 4.78. The third kappa shape index (κ3) is 3.90. The van der Waals surface area contributed by atoms with Crippen molar-refractivity contribution in [1.82, 2.24) is 10.2 Å². The summed E-state index contributed by atoms with van der Waals surface area (Å²) in [5, 5.41) is 3.23. The number of nitrogens with zero attached hydrogens (tertiary/aromatic N) is 1. The molecule has 30 heavy (non-hydrogen) atoms. The zero-order valence-electron chi connectivity index (χ0n) is 18.2. The molecule has 5 atom stereocenters. The van der Waals surface area contributed by atoms with Gasteiger partial charge in [0.2, 0.25) is 5.91 Å². The number of nitrogens with one attached hydrogen (secondary N) is 1. The minimum absolute atomic E-state index is 0.144. The zero-order chi connectivity index (χ0) is 20.5. The van der Waals surface area contributed by atoms with Crippen molar-refractivity contribution in [3.8, 4) is 0 Å². The number of amides is 2. The second-order valence-corrected chi connectivity index (χ2v) is 10.2. The number of likely N-dealkylation sites (tertiary alicyclic amines) is 1. The van der Waals surface area contributed by atoms with E-state index in [9.17, 15) is 9.59 Å². The molecule has 5 rings (SSSR count). The molecule has 4 aliphatic rings. The minimum atomic E-state index is 0.144. The Morgan fingerprint density at radius 2 is 1.53 bits per heavy atom. The van der Waals surface area contributed by atoms with Gasteiger partial charge in [0.25, 0.3) is 5.91 Å². The van der Waals surface area contributed by atoms with Gasteiger partial charge in [-0.05, 0) is 92.7 Å². The summed E-state index contributed by atoms with van der Waals surface area (Å²) in [7, 11) is 0. The fraction of sp³-hybridized carbons (Fsp3) is 0.692. The molecule has 5 unspecified atom stereocenters. The summed E-state index contributed by atoms with van der Waals surface area (Å²) in [6.45, 7) is 2.32. The SMILES string of the molecule is O=C(NCc1ccc(C(=O)N2CCCCC2)cc1)C1CCC2CCC3CCCC1C32. The first-order valence-electron chi connectivity index (χ1n) is 12.4. The first kappa shape index (κ1) is 20.1. The Morgan fingerprint density at radius 1 is 0.833 bits per heavy atom. The maximum absolute atomic E-state index is 13.1. The van der Waals surface area contributed by atoms with Crippen LogP contribution in [0.3, 0.4) is 0 Å². The summed E-state index contributed by atoms with van der Waals surface area (Å²) >= 11 is 0. The second kappa shape index (κ2) is 8.72. The van der Waals surface area contributed by atoms with Crippen LogP contribution in [0, 0.1) is 29.6 Å². The molecule has 1 heterocycles. The van der Waals surface area contributed by atoms with Crippen LogP contribution in [0.4, 0.5) is 0 Å². The van der Waals surface area contributed by atoms with Gasteiger partial charge < -0.3 is 10.2 Å². The maximum Gasteiger partial charge on any atom is 0.253 e. The highest BCUT2D eigenvalue weighted by atomic mass is 16.2. The molecule has 1 aliphatic heterocycles. The molecule has 3 aliphatic carbocycles. The lowest BCUT2D eigenvalue weighted by molar-refractivity contribution is -0.131. The van der Waals surface area contributed by atoms with Gasteiger partial charge in [0, 0.05) is 31.1 Å². The Bertz CT molecular complexity index is 762. The van der Waals surface area contributed by atoms with Crippen LogP contribution < -0.4 is 5.32 Å². The first-order chi connectivity index (χ1) is 14.7. The molecule has 2 amide bonds. The van der Waals surface area contributed by atoms with Gasteiger partial charge in [0.05, 0.1) is 0 Å². The van der Waals surface area contributed by atoms with Crippen molar-refractivity contribution in [2.45, 2.75) is 70.8 Å². The lowest BCUT2D eigenvalue weighted by atomic mass is 9.60. The molecular weight excluding hydrogens is 372 g/mol. The molecule has 4 heteroatoms. The molecule has 0 radical (unpaired) electrons. The lowest BCUT2D eigenvalue weighted by Gasteiger charge is -2.45. The summed E-state index contributed by atoms with van der Waals surface area (Å²) < 4.78 is 0. The first-order valence-corrected chi connectivity index (χ1v) is 12.4. The molecule has 4 nitrogen and oxygen atoms in total. The van der Waals surface area contributed by atoms with E-state index >= 15 is 0 Å². The molecular formula is C26H36N2O2. The summed E-state index contributed by atoms with van der Waals surface area (Å²) in [6, 6.07) is 7.85. The summed E-state index contributed by atoms with van der Waals surface area (Å²) in [4.78, 5) is 27.7. The number of piperidine rings is 1. The highest BCUT2D eigenvalue weighted by Crippen LogP contribution is 2.56. The van der Waals surface area contributed by atoms with E-state index in [2.05, 4.69) is 5.32 Å². The maximum atomic E-state index is 13.1. The van der Waals surface area contributed by atoms with Crippen molar-refractivity contribution in [3.05, 3.63) is 35.4 Å². The van der Waals surface area contributed by atoms with Crippen molar-refractivity contribution in [3.63, 3.8) is 0 Å². The van der Waals surface area contributed by atoms with Crippen LogP contribution in [-0.4, -0.2) is 29.8 Å². The van der Waals surface area contributed by atoms with Crippen molar-refractivity contribution in [1.29, 1.82) is 0 Å². The highest BCUT2D eigenvalue weighted by molar-refractivity contribution is 5.94. The van der Waals surface area contributed by atoms with Crippen molar-refractivity contribution in [2.75, 3.05) is 13.1 Å². The van der Waals surface area contributed by atoms with Crippen molar-refractivity contribution < 1.29 is 9.59 Å². The molecule has 3 saturated carbocycles. The fourth-order valence-electron chi connectivity index (χ4n) is 7.15. The van der Waals surface area contributed by atoms with Gasteiger partial charge in [0.15, 0.2) is 0 Å². The third-order valence-corrected chi connectivity index (χ3v) is 8.62. The van der Waals surface area contributed by atoms with Crippen LogP contribution in [0.2, 0.25) is 0 Å². The number of carbonyl (C=O) groups excluding carboxylic acids is 2. The Labute approximate surface area is 180 Å². The fourth-order valence-corrected chi connectivity index (χ4v) is 7.15. The van der Waals surface area contributed by atoms with Gasteiger partial charge in [-0.2, -0.15) is 0 Å². The molecule has 1 aromatic rings. The Morgan fingerprint density at radius 3 is 2.30 bits per heavy atom. The van der Waals surface area contributed by atoms with E-state index in [0.29, 0.717) is 12.5 Å². The van der Waals surface area contributed by atoms with Crippen molar-refractivity contribution in [2.24, 2.45) is 29.6 Å². The van der Waals surface area contributed by atoms with Gasteiger partial charge in [0.1, 0.15) is 0 Å². The van der Waals surface area contributed by atoms with Crippen molar-refractivity contribution >= 4 is 11.8 Å². The average Bonchev–Trinajstić information content (AvgIpc) is 3.23. The molecule has 1 saturated heterocycles. The predicted molar refractivity (Wildman–Crippen MR) is 118 cm³/mol. The van der Waals surface area contributed by atoms with E-state index in [-0.39, 0.29) is 17.7 Å². The van der Waals surface area contributed by atoms with Gasteiger partial charge in [-0.25, -0.2) is 0 Å². The zero-order valence-corrected chi connectivity index (χ0v) is 18.2. The third-order valence-electron chi connectivity index (χ3n) is 8.62. The van der Waals surface area contributed by atoms with Crippen LogP contribution >= 0.6 is 0 Å². The van der Waals surface area contributed by atoms with E-state index in [0.717, 1.165) is 61.2 Å². The van der Waals surface area contributed by atoms with E-state index in [1.54, 1.807) is 0 Å². The monoisotopic (exact) mass is 408 g/mol. The Balaban J connectivity index is 1.17. The van der Waals surface area contributed by atoms with Gasteiger partial charge in [-0.1, -0.05) is 25.0 Å². The number of benzene rings is 1. The van der Waals surface area contributed by atoms with Crippen LogP contribution in [0.1, 0.15) is 80.1 Å². The van der Waals surface area contributed by atoms with Crippen LogP contribution in [0.5, 0.6) is 0 Å². The van der Waals surface area contributed by atoms with Crippen LogP contribution in [0.25, 0.3) is 0 Å². The van der Waals surface area contributed by atoms with Crippen LogP contribution in [-0.2, 0) is 11.3 Å². The lowest BCUT2D eigenvalue weighted by Crippen LogP contribution is -2.44. The Kier molecular flexibility index (Phi) is 5.84. The van der Waals surface area contributed by atoms with E-state index in [1.807, 2.05) is 29.2 Å². The number of hydrogen-bond donors (Lipinski definition) is 1. The molecule has 0 bridgehead atoms. The topological polar surface area (TPSA) is 49.4 Å². The molecule has 0 aromatic heterocycles. The smallest absolute Gasteiger partial charge is 0.253 e. The number of carbonyl (C=O) groups is 2. The quantitative estimate of drug-likeness (QED) is 0.779. The Hall–Kier alpha value is -1.84. The molecule has 4 fully saturated rings. The largest absolute Gasteiger partial charge is 0.352 e. The highest BCUT2D eigenvalue weighted by Gasteiger charge is 2.49.